The highest BCUT2D eigenvalue weighted by Crippen LogP contribution is 2.26. The van der Waals surface area contributed by atoms with Crippen molar-refractivity contribution in [3.63, 3.8) is 0 Å². The monoisotopic (exact) mass is 274 g/mol. The largest absolute Gasteiger partial charge is 0.338 e. The van der Waals surface area contributed by atoms with Gasteiger partial charge in [-0.2, -0.15) is 0 Å². The summed E-state index contributed by atoms with van der Waals surface area (Å²) in [6.07, 6.45) is 0. The number of nitrogens with zero attached hydrogens (tertiary/aromatic N) is 1. The maximum atomic E-state index is 13.9. The summed E-state index contributed by atoms with van der Waals surface area (Å²) >= 11 is 5.75. The van der Waals surface area contributed by atoms with Crippen LogP contribution < -0.4 is 0 Å². The van der Waals surface area contributed by atoms with Gasteiger partial charge in [0.1, 0.15) is 11.6 Å². The predicted molar refractivity (Wildman–Crippen MR) is 76.0 cm³/mol. The quantitative estimate of drug-likeness (QED) is 0.688. The summed E-state index contributed by atoms with van der Waals surface area (Å²) in [7, 11) is 0. The van der Waals surface area contributed by atoms with Gasteiger partial charge in [-0.25, -0.2) is 9.37 Å². The topological polar surface area (TPSA) is 28.7 Å². The van der Waals surface area contributed by atoms with Crippen LogP contribution >= 0.6 is 11.6 Å². The molecule has 96 valence electrons. The van der Waals surface area contributed by atoms with E-state index in [1.807, 2.05) is 26.0 Å². The molecular weight excluding hydrogens is 263 g/mol. The Morgan fingerprint density at radius 1 is 1.11 bits per heavy atom. The first-order valence-corrected chi connectivity index (χ1v) is 6.35. The zero-order valence-electron chi connectivity index (χ0n) is 10.6. The number of H-pyrrole nitrogens is 1. The van der Waals surface area contributed by atoms with Gasteiger partial charge in [-0.1, -0.05) is 11.6 Å². The zero-order chi connectivity index (χ0) is 13.6. The number of halogens is 2. The number of rotatable bonds is 1. The Morgan fingerprint density at radius 2 is 1.84 bits per heavy atom. The van der Waals surface area contributed by atoms with E-state index in [1.54, 1.807) is 12.1 Å². The number of nitrogens with one attached hydrogen (secondary N) is 1. The fourth-order valence-electron chi connectivity index (χ4n) is 2.08. The number of aromatic nitrogens is 2. The molecule has 4 heteroatoms. The Bertz CT molecular complexity index is 738. The van der Waals surface area contributed by atoms with Gasteiger partial charge in [0.05, 0.1) is 16.6 Å². The lowest BCUT2D eigenvalue weighted by Crippen LogP contribution is -1.85. The van der Waals surface area contributed by atoms with Crippen molar-refractivity contribution in [2.24, 2.45) is 0 Å². The van der Waals surface area contributed by atoms with Crippen molar-refractivity contribution in [2.45, 2.75) is 13.8 Å². The molecular formula is C15H12ClFN2. The van der Waals surface area contributed by atoms with Crippen LogP contribution in [0.15, 0.2) is 30.3 Å². The summed E-state index contributed by atoms with van der Waals surface area (Å²) in [5.41, 5.74) is 4.53. The number of imidazole rings is 1. The fraction of sp³-hybridized carbons (Fsp3) is 0.133. The predicted octanol–water partition coefficient (Wildman–Crippen LogP) is 4.64. The summed E-state index contributed by atoms with van der Waals surface area (Å²) in [5, 5.41) is 0.379. The van der Waals surface area contributed by atoms with Gasteiger partial charge in [-0.05, 0) is 55.3 Å². The van der Waals surface area contributed by atoms with Crippen LogP contribution in [0.5, 0.6) is 0 Å². The van der Waals surface area contributed by atoms with Crippen LogP contribution in [-0.2, 0) is 0 Å². The van der Waals surface area contributed by atoms with Gasteiger partial charge in [-0.3, -0.25) is 0 Å². The molecule has 0 aliphatic rings. The van der Waals surface area contributed by atoms with Crippen molar-refractivity contribution in [1.82, 2.24) is 9.97 Å². The van der Waals surface area contributed by atoms with Crippen molar-refractivity contribution in [3.05, 3.63) is 52.3 Å². The number of fused-ring (bicyclic) bond motifs is 1. The highest BCUT2D eigenvalue weighted by molar-refractivity contribution is 6.30. The first kappa shape index (κ1) is 12.2. The smallest absolute Gasteiger partial charge is 0.141 e. The van der Waals surface area contributed by atoms with Gasteiger partial charge in [0.2, 0.25) is 0 Å². The van der Waals surface area contributed by atoms with E-state index in [-0.39, 0.29) is 5.82 Å². The molecule has 1 heterocycles. The molecule has 0 spiro atoms. The summed E-state index contributed by atoms with van der Waals surface area (Å²) in [6.45, 7) is 4.07. The number of aryl methyl sites for hydroxylation is 2. The minimum absolute atomic E-state index is 0.375. The summed E-state index contributed by atoms with van der Waals surface area (Å²) < 4.78 is 13.9. The molecule has 0 radical (unpaired) electrons. The molecule has 0 unspecified atom stereocenters. The van der Waals surface area contributed by atoms with Crippen molar-refractivity contribution in [1.29, 1.82) is 0 Å². The molecule has 0 amide bonds. The van der Waals surface area contributed by atoms with E-state index in [0.29, 0.717) is 16.4 Å². The van der Waals surface area contributed by atoms with E-state index in [1.165, 1.54) is 17.2 Å². The molecule has 0 atom stereocenters. The van der Waals surface area contributed by atoms with Crippen LogP contribution in [0.3, 0.4) is 0 Å². The van der Waals surface area contributed by atoms with Crippen LogP contribution in [0.1, 0.15) is 11.1 Å². The Labute approximate surface area is 115 Å². The van der Waals surface area contributed by atoms with E-state index in [9.17, 15) is 4.39 Å². The molecule has 0 fully saturated rings. The molecule has 0 saturated heterocycles. The molecule has 0 bridgehead atoms. The molecule has 2 aromatic carbocycles. The fourth-order valence-corrected chi connectivity index (χ4v) is 2.24. The molecule has 3 rings (SSSR count). The van der Waals surface area contributed by atoms with Crippen LogP contribution in [0.25, 0.3) is 22.4 Å². The van der Waals surface area contributed by atoms with Crippen LogP contribution in [-0.4, -0.2) is 9.97 Å². The van der Waals surface area contributed by atoms with Gasteiger partial charge in [0, 0.05) is 5.02 Å². The highest BCUT2D eigenvalue weighted by atomic mass is 35.5. The molecule has 0 aliphatic heterocycles. The standard InChI is InChI=1S/C15H12ClFN2/c1-8-5-13-14(6-9(8)2)19-15(18-13)11-4-3-10(16)7-12(11)17/h3-7H,1-2H3,(H,18,19). The van der Waals surface area contributed by atoms with E-state index in [0.717, 1.165) is 11.0 Å². The third-order valence-corrected chi connectivity index (χ3v) is 3.52. The lowest BCUT2D eigenvalue weighted by Gasteiger charge is -1.99. The van der Waals surface area contributed by atoms with E-state index in [2.05, 4.69) is 9.97 Å². The van der Waals surface area contributed by atoms with Crippen molar-refractivity contribution in [3.8, 4) is 11.4 Å². The lowest BCUT2D eigenvalue weighted by molar-refractivity contribution is 0.630. The van der Waals surface area contributed by atoms with Crippen molar-refractivity contribution in [2.75, 3.05) is 0 Å². The molecule has 0 aliphatic carbocycles. The highest BCUT2D eigenvalue weighted by Gasteiger charge is 2.11. The lowest BCUT2D eigenvalue weighted by atomic mass is 10.1. The van der Waals surface area contributed by atoms with Crippen molar-refractivity contribution >= 4 is 22.6 Å². The second-order valence-corrected chi connectivity index (χ2v) is 5.10. The van der Waals surface area contributed by atoms with E-state index < -0.39 is 0 Å². The summed E-state index contributed by atoms with van der Waals surface area (Å²) in [5.74, 6) is 0.147. The average Bonchev–Trinajstić information content (AvgIpc) is 2.72. The SMILES string of the molecule is Cc1cc2nc(-c3ccc(Cl)cc3F)[nH]c2cc1C. The average molecular weight is 275 g/mol. The number of benzene rings is 2. The van der Waals surface area contributed by atoms with Crippen LogP contribution in [0, 0.1) is 19.7 Å². The Balaban J connectivity index is 2.20. The summed E-state index contributed by atoms with van der Waals surface area (Å²) in [6, 6.07) is 8.60. The van der Waals surface area contributed by atoms with Crippen molar-refractivity contribution < 1.29 is 4.39 Å². The minimum atomic E-state index is -0.375. The Hall–Kier alpha value is -1.87. The number of hydrogen-bond acceptors (Lipinski definition) is 1. The molecule has 2 nitrogen and oxygen atoms in total. The zero-order valence-corrected chi connectivity index (χ0v) is 11.3. The van der Waals surface area contributed by atoms with Gasteiger partial charge < -0.3 is 4.98 Å². The second kappa shape index (κ2) is 4.35. The van der Waals surface area contributed by atoms with E-state index >= 15 is 0 Å². The molecule has 19 heavy (non-hydrogen) atoms. The van der Waals surface area contributed by atoms with Gasteiger partial charge >= 0.3 is 0 Å². The molecule has 1 aromatic heterocycles. The van der Waals surface area contributed by atoms with Crippen LogP contribution in [0.2, 0.25) is 5.02 Å². The maximum Gasteiger partial charge on any atom is 0.141 e. The first-order valence-electron chi connectivity index (χ1n) is 5.97. The Morgan fingerprint density at radius 3 is 2.58 bits per heavy atom. The Kier molecular flexibility index (Phi) is 2.79. The van der Waals surface area contributed by atoms with E-state index in [4.69, 9.17) is 11.6 Å². The molecule has 3 aromatic rings. The second-order valence-electron chi connectivity index (χ2n) is 4.66. The maximum absolute atomic E-state index is 13.9. The van der Waals surface area contributed by atoms with Crippen LogP contribution in [0.4, 0.5) is 4.39 Å². The third-order valence-electron chi connectivity index (χ3n) is 3.28. The first-order chi connectivity index (χ1) is 9.04. The van der Waals surface area contributed by atoms with Gasteiger partial charge in [0.15, 0.2) is 0 Å². The minimum Gasteiger partial charge on any atom is -0.338 e. The molecule has 0 saturated carbocycles. The third kappa shape index (κ3) is 2.10. The normalized spacial score (nSPS) is 11.2. The molecule has 1 N–H and O–H groups in total. The van der Waals surface area contributed by atoms with Gasteiger partial charge in [0.25, 0.3) is 0 Å². The van der Waals surface area contributed by atoms with Gasteiger partial charge in [-0.15, -0.1) is 0 Å². The summed E-state index contributed by atoms with van der Waals surface area (Å²) in [4.78, 5) is 7.58. The number of aromatic amines is 1. The number of hydrogen-bond donors (Lipinski definition) is 1.